The minimum absolute atomic E-state index is 0.0694. The zero-order chi connectivity index (χ0) is 24.7. The van der Waals surface area contributed by atoms with E-state index in [4.69, 9.17) is 5.84 Å². The van der Waals surface area contributed by atoms with Crippen molar-refractivity contribution in [3.8, 4) is 11.4 Å². The summed E-state index contributed by atoms with van der Waals surface area (Å²) >= 11 is 0. The van der Waals surface area contributed by atoms with Gasteiger partial charge in [-0.05, 0) is 38.8 Å². The molecule has 1 saturated carbocycles. The summed E-state index contributed by atoms with van der Waals surface area (Å²) in [6, 6.07) is 2.51. The molecule has 0 bridgehead atoms. The maximum Gasteiger partial charge on any atom is 0.199 e. The van der Waals surface area contributed by atoms with Gasteiger partial charge in [0.25, 0.3) is 0 Å². The molecule has 2 atom stereocenters. The Morgan fingerprint density at radius 1 is 1.24 bits per heavy atom. The van der Waals surface area contributed by atoms with Crippen molar-refractivity contribution in [3.05, 3.63) is 42.0 Å². The lowest BCUT2D eigenvalue weighted by Crippen LogP contribution is -2.37. The summed E-state index contributed by atoms with van der Waals surface area (Å²) in [5.41, 5.74) is 2.54. The molecule has 34 heavy (non-hydrogen) atoms. The van der Waals surface area contributed by atoms with Crippen LogP contribution in [0.25, 0.3) is 22.3 Å². The molecule has 1 aromatic carbocycles. The third kappa shape index (κ3) is 5.80. The Kier molecular flexibility index (Phi) is 8.38. The Bertz CT molecular complexity index is 1170. The van der Waals surface area contributed by atoms with E-state index < -0.39 is 17.5 Å². The summed E-state index contributed by atoms with van der Waals surface area (Å²) in [5.74, 6) is 7.61. The molecule has 2 aromatic heterocycles. The van der Waals surface area contributed by atoms with Crippen molar-refractivity contribution in [3.63, 3.8) is 0 Å². The van der Waals surface area contributed by atoms with Gasteiger partial charge in [-0.15, -0.1) is 0 Å². The Labute approximate surface area is 193 Å². The third-order valence-electron chi connectivity index (χ3n) is 5.51. The van der Waals surface area contributed by atoms with Gasteiger partial charge >= 0.3 is 0 Å². The summed E-state index contributed by atoms with van der Waals surface area (Å²) < 4.78 is 41.8. The fraction of sp³-hybridized carbons (Fsp3) is 0.333. The van der Waals surface area contributed by atoms with E-state index in [1.807, 2.05) is 12.5 Å². The van der Waals surface area contributed by atoms with Crippen LogP contribution in [0.3, 0.4) is 0 Å². The number of aldehydes is 1. The first-order valence-corrected chi connectivity index (χ1v) is 10.5. The third-order valence-corrected chi connectivity index (χ3v) is 5.51. The van der Waals surface area contributed by atoms with Crippen molar-refractivity contribution < 1.29 is 18.0 Å². The number of hydrogen-bond donors (Lipinski definition) is 6. The normalized spacial score (nSPS) is 18.2. The van der Waals surface area contributed by atoms with E-state index >= 15 is 0 Å². The number of nitrogens with two attached hydrogens (primary N) is 2. The highest BCUT2D eigenvalue weighted by molar-refractivity contribution is 6.26. The van der Waals surface area contributed by atoms with Crippen molar-refractivity contribution in [2.75, 3.05) is 12.4 Å². The molecule has 13 heteroatoms. The number of carbonyl (C=O) groups excluding carboxylic acids is 1. The van der Waals surface area contributed by atoms with Crippen molar-refractivity contribution >= 4 is 28.8 Å². The molecule has 1 unspecified atom stereocenters. The molecule has 1 fully saturated rings. The number of nitrogens with one attached hydrogen (secondary N) is 4. The van der Waals surface area contributed by atoms with Crippen LogP contribution in [0.1, 0.15) is 25.7 Å². The van der Waals surface area contributed by atoms with E-state index in [0.717, 1.165) is 37.9 Å². The average Bonchev–Trinajstić information content (AvgIpc) is 3.26. The van der Waals surface area contributed by atoms with Crippen LogP contribution in [0.15, 0.2) is 29.6 Å². The smallest absolute Gasteiger partial charge is 0.199 e. The van der Waals surface area contributed by atoms with Crippen LogP contribution in [-0.2, 0) is 4.79 Å². The van der Waals surface area contributed by atoms with Gasteiger partial charge in [-0.1, -0.05) is 0 Å². The highest BCUT2D eigenvalue weighted by Crippen LogP contribution is 2.30. The fourth-order valence-corrected chi connectivity index (χ4v) is 3.82. The molecular formula is C21H26F3N9O. The number of benzene rings is 1. The number of aromatic amines is 1. The molecule has 1 aliphatic rings. The minimum atomic E-state index is -0.697. The van der Waals surface area contributed by atoms with Gasteiger partial charge in [0.1, 0.15) is 11.6 Å². The van der Waals surface area contributed by atoms with Gasteiger partial charge in [0.15, 0.2) is 29.6 Å². The zero-order valence-corrected chi connectivity index (χ0v) is 18.4. The van der Waals surface area contributed by atoms with E-state index in [9.17, 15) is 18.0 Å². The van der Waals surface area contributed by atoms with Crippen LogP contribution in [-0.4, -0.2) is 46.2 Å². The zero-order valence-electron chi connectivity index (χ0n) is 18.4. The number of aromatic nitrogens is 3. The van der Waals surface area contributed by atoms with Crippen LogP contribution < -0.4 is 27.7 Å². The van der Waals surface area contributed by atoms with Gasteiger partial charge in [-0.3, -0.25) is 4.79 Å². The Morgan fingerprint density at radius 3 is 2.65 bits per heavy atom. The fourth-order valence-electron chi connectivity index (χ4n) is 3.82. The topological polar surface area (TPSA) is 159 Å². The number of fused-ring (bicyclic) bond motifs is 1. The monoisotopic (exact) mass is 477 g/mol. The molecule has 2 heterocycles. The number of rotatable bonds is 5. The largest absolute Gasteiger partial charge is 0.365 e. The number of carbonyl (C=O) groups is 1. The maximum absolute atomic E-state index is 14.3. The predicted molar refractivity (Wildman–Crippen MR) is 123 cm³/mol. The van der Waals surface area contributed by atoms with E-state index in [2.05, 4.69) is 36.5 Å². The van der Waals surface area contributed by atoms with Crippen LogP contribution in [0.4, 0.5) is 19.0 Å². The number of hydrazine groups is 1. The van der Waals surface area contributed by atoms with Crippen molar-refractivity contribution in [1.82, 2.24) is 25.7 Å². The number of amidine groups is 1. The average molecular weight is 477 g/mol. The summed E-state index contributed by atoms with van der Waals surface area (Å²) in [6.45, 7) is 0. The predicted octanol–water partition coefficient (Wildman–Crippen LogP) is 1.91. The first kappa shape index (κ1) is 24.9. The molecule has 182 valence electrons. The number of hydrogen-bond acceptors (Lipinski definition) is 8. The van der Waals surface area contributed by atoms with E-state index in [-0.39, 0.29) is 29.0 Å². The second-order valence-corrected chi connectivity index (χ2v) is 7.67. The second kappa shape index (κ2) is 11.4. The van der Waals surface area contributed by atoms with Crippen molar-refractivity contribution in [2.24, 2.45) is 16.8 Å². The number of H-pyrrole nitrogens is 1. The number of nitrogens with zero attached hydrogens (tertiary/aromatic N) is 3. The van der Waals surface area contributed by atoms with Crippen LogP contribution in [0.5, 0.6) is 0 Å². The summed E-state index contributed by atoms with van der Waals surface area (Å²) in [4.78, 5) is 20.7. The second-order valence-electron chi connectivity index (χ2n) is 7.67. The number of hydrazone groups is 1. The molecule has 0 radical (unpaired) electrons. The van der Waals surface area contributed by atoms with Crippen molar-refractivity contribution in [2.45, 2.75) is 37.8 Å². The minimum Gasteiger partial charge on any atom is -0.365 e. The van der Waals surface area contributed by atoms with Gasteiger partial charge in [0, 0.05) is 35.3 Å². The molecular weight excluding hydrogens is 451 g/mol. The highest BCUT2D eigenvalue weighted by Gasteiger charge is 2.23. The molecule has 0 amide bonds. The van der Waals surface area contributed by atoms with Crippen molar-refractivity contribution in [1.29, 1.82) is 0 Å². The molecule has 4 rings (SSSR count). The van der Waals surface area contributed by atoms with Gasteiger partial charge in [0.2, 0.25) is 0 Å². The van der Waals surface area contributed by atoms with Gasteiger partial charge in [0.05, 0.1) is 11.7 Å². The quantitative estimate of drug-likeness (QED) is 0.107. The lowest BCUT2D eigenvalue weighted by Gasteiger charge is -2.29. The molecule has 8 N–H and O–H groups in total. The first-order valence-electron chi connectivity index (χ1n) is 10.5. The van der Waals surface area contributed by atoms with E-state index in [1.54, 1.807) is 0 Å². The van der Waals surface area contributed by atoms with E-state index in [0.29, 0.717) is 23.3 Å². The van der Waals surface area contributed by atoms with Gasteiger partial charge in [-0.25, -0.2) is 29.0 Å². The Balaban J connectivity index is 0.000000406. The molecule has 0 aliphatic heterocycles. The van der Waals surface area contributed by atoms with E-state index in [1.165, 1.54) is 12.3 Å². The summed E-state index contributed by atoms with van der Waals surface area (Å²) in [5, 5.41) is 9.67. The molecule has 3 aromatic rings. The summed E-state index contributed by atoms with van der Waals surface area (Å²) in [6.07, 6.45) is 6.95. The standard InChI is InChI=1S/C19H20F3N5.C2H6N4O/c1-23-11-3-2-4-12(7-11)26-19-16(22)9-25-18(27-19)14-8-24-17-13(14)5-10(20)6-15(17)21;3-5-2(1-7)6-4/h5-6,8-9,11-12,23-24H,2-4,7H2,1H3,(H,25,26,27);1H,3-4H2,(H,5,6)/t11?,12-;/m0./s1. The van der Waals surface area contributed by atoms with Gasteiger partial charge < -0.3 is 26.9 Å². The molecule has 0 spiro atoms. The van der Waals surface area contributed by atoms with Gasteiger partial charge in [-0.2, -0.15) is 5.10 Å². The lowest BCUT2D eigenvalue weighted by molar-refractivity contribution is -0.102. The Morgan fingerprint density at radius 2 is 2.00 bits per heavy atom. The first-order chi connectivity index (χ1) is 16.4. The maximum atomic E-state index is 14.3. The number of halogens is 3. The SMILES string of the molecule is CNC1CCC[C@H](Nc2nc(-c3c[nH]c4c(F)cc(F)cc34)ncc2F)C1.N/N=C(/C=O)NN. The lowest BCUT2D eigenvalue weighted by atomic mass is 9.91. The Hall–Kier alpha value is -3.71. The van der Waals surface area contributed by atoms with Crippen LogP contribution in [0.2, 0.25) is 0 Å². The highest BCUT2D eigenvalue weighted by atomic mass is 19.1. The number of anilines is 1. The summed E-state index contributed by atoms with van der Waals surface area (Å²) in [7, 11) is 1.92. The van der Waals surface area contributed by atoms with Crippen LogP contribution >= 0.6 is 0 Å². The molecule has 1 aliphatic carbocycles. The van der Waals surface area contributed by atoms with Crippen LogP contribution in [0, 0.1) is 17.5 Å². The molecule has 10 nitrogen and oxygen atoms in total. The molecule has 0 saturated heterocycles.